The molecule has 2 rings (SSSR count). The molecule has 1 saturated heterocycles. The summed E-state index contributed by atoms with van der Waals surface area (Å²) in [5.41, 5.74) is 7.39. The Morgan fingerprint density at radius 1 is 1.11 bits per heavy atom. The maximum atomic E-state index is 3.34. The zero-order chi connectivity index (χ0) is 13.3. The van der Waals surface area contributed by atoms with Crippen LogP contribution in [-0.2, 0) is 6.42 Å². The molecule has 1 aromatic carbocycles. The lowest BCUT2D eigenvalue weighted by atomic mass is 9.92. The van der Waals surface area contributed by atoms with Gasteiger partial charge in [-0.2, -0.15) is 0 Å². The van der Waals surface area contributed by atoms with Crippen LogP contribution in [0.1, 0.15) is 27.8 Å². The van der Waals surface area contributed by atoms with Gasteiger partial charge in [0.2, 0.25) is 0 Å². The number of hydrogen-bond acceptors (Lipinski definition) is 2. The molecule has 0 bridgehead atoms. The third-order valence-electron chi connectivity index (χ3n) is 4.62. The summed E-state index contributed by atoms with van der Waals surface area (Å²) in [4.78, 5) is 2.49. The van der Waals surface area contributed by atoms with Crippen LogP contribution < -0.4 is 5.32 Å². The molecule has 1 aromatic rings. The third kappa shape index (κ3) is 2.60. The molecule has 18 heavy (non-hydrogen) atoms. The molecule has 0 radical (unpaired) electrons. The van der Waals surface area contributed by atoms with Crippen molar-refractivity contribution in [3.05, 3.63) is 33.9 Å². The fourth-order valence-electron chi connectivity index (χ4n) is 2.73. The standard InChI is InChI=1S/C16H26N2/c1-11-8-12(2)14(4)16(13(11)3)6-7-18(5)15-9-17-10-15/h8,15,17H,6-7,9-10H2,1-5H3. The fourth-order valence-corrected chi connectivity index (χ4v) is 2.73. The summed E-state index contributed by atoms with van der Waals surface area (Å²) in [7, 11) is 2.25. The smallest absolute Gasteiger partial charge is 0.0342 e. The molecule has 2 nitrogen and oxygen atoms in total. The van der Waals surface area contributed by atoms with Crippen LogP contribution >= 0.6 is 0 Å². The van der Waals surface area contributed by atoms with Gasteiger partial charge in [-0.15, -0.1) is 0 Å². The van der Waals surface area contributed by atoms with Crippen molar-refractivity contribution in [3.63, 3.8) is 0 Å². The van der Waals surface area contributed by atoms with Gasteiger partial charge in [0.05, 0.1) is 0 Å². The average molecular weight is 246 g/mol. The molecule has 0 saturated carbocycles. The summed E-state index contributed by atoms with van der Waals surface area (Å²) >= 11 is 0. The molecule has 1 aliphatic heterocycles. The number of hydrogen-bond donors (Lipinski definition) is 1. The molecule has 1 heterocycles. The van der Waals surface area contributed by atoms with Gasteiger partial charge in [0.25, 0.3) is 0 Å². The predicted molar refractivity (Wildman–Crippen MR) is 78.4 cm³/mol. The van der Waals surface area contributed by atoms with Crippen molar-refractivity contribution in [3.8, 4) is 0 Å². The van der Waals surface area contributed by atoms with Gasteiger partial charge in [0.15, 0.2) is 0 Å². The van der Waals surface area contributed by atoms with E-state index in [-0.39, 0.29) is 0 Å². The third-order valence-corrected chi connectivity index (χ3v) is 4.62. The maximum absolute atomic E-state index is 3.34. The van der Waals surface area contributed by atoms with Gasteiger partial charge >= 0.3 is 0 Å². The van der Waals surface area contributed by atoms with Crippen LogP contribution in [0.5, 0.6) is 0 Å². The van der Waals surface area contributed by atoms with E-state index in [2.05, 4.69) is 51.0 Å². The highest BCUT2D eigenvalue weighted by Gasteiger charge is 2.21. The summed E-state index contributed by atoms with van der Waals surface area (Å²) in [6.45, 7) is 12.5. The van der Waals surface area contributed by atoms with E-state index in [0.717, 1.165) is 25.7 Å². The molecule has 1 N–H and O–H groups in total. The molecule has 0 atom stereocenters. The SMILES string of the molecule is Cc1cc(C)c(C)c(CCN(C)C2CNC2)c1C. The first-order valence-corrected chi connectivity index (χ1v) is 6.98. The van der Waals surface area contributed by atoms with Gasteiger partial charge in [-0.3, -0.25) is 0 Å². The Kier molecular flexibility index (Phi) is 4.08. The van der Waals surface area contributed by atoms with E-state index in [4.69, 9.17) is 0 Å². The van der Waals surface area contributed by atoms with Gasteiger partial charge in [0, 0.05) is 25.7 Å². The minimum atomic E-state index is 0.747. The first-order chi connectivity index (χ1) is 8.50. The van der Waals surface area contributed by atoms with Crippen molar-refractivity contribution in [2.75, 3.05) is 26.7 Å². The van der Waals surface area contributed by atoms with E-state index in [0.29, 0.717) is 0 Å². The molecule has 0 aliphatic carbocycles. The van der Waals surface area contributed by atoms with Crippen molar-refractivity contribution in [1.82, 2.24) is 10.2 Å². The van der Waals surface area contributed by atoms with Crippen LogP contribution in [0, 0.1) is 27.7 Å². The summed E-state index contributed by atoms with van der Waals surface area (Å²) in [5.74, 6) is 0. The second kappa shape index (κ2) is 5.41. The Labute approximate surface area is 111 Å². The topological polar surface area (TPSA) is 15.3 Å². The zero-order valence-electron chi connectivity index (χ0n) is 12.4. The van der Waals surface area contributed by atoms with Crippen LogP contribution in [0.3, 0.4) is 0 Å². The second-order valence-electron chi connectivity index (χ2n) is 5.78. The summed E-state index contributed by atoms with van der Waals surface area (Å²) in [6.07, 6.45) is 1.17. The van der Waals surface area contributed by atoms with Crippen molar-refractivity contribution < 1.29 is 0 Å². The molecular weight excluding hydrogens is 220 g/mol. The highest BCUT2D eigenvalue weighted by atomic mass is 15.2. The van der Waals surface area contributed by atoms with Gasteiger partial charge < -0.3 is 10.2 Å². The van der Waals surface area contributed by atoms with Gasteiger partial charge in [0.1, 0.15) is 0 Å². The van der Waals surface area contributed by atoms with E-state index in [1.54, 1.807) is 5.56 Å². The monoisotopic (exact) mass is 246 g/mol. The normalized spacial score (nSPS) is 16.1. The van der Waals surface area contributed by atoms with Crippen LogP contribution in [0.4, 0.5) is 0 Å². The van der Waals surface area contributed by atoms with Gasteiger partial charge in [-0.05, 0) is 69.0 Å². The quantitative estimate of drug-likeness (QED) is 0.877. The number of nitrogens with zero attached hydrogens (tertiary/aromatic N) is 1. The minimum Gasteiger partial charge on any atom is -0.314 e. The van der Waals surface area contributed by atoms with E-state index in [1.807, 2.05) is 0 Å². The molecule has 2 heteroatoms. The summed E-state index contributed by atoms with van der Waals surface area (Å²) in [6, 6.07) is 3.06. The zero-order valence-corrected chi connectivity index (χ0v) is 12.4. The lowest BCUT2D eigenvalue weighted by molar-refractivity contribution is 0.182. The van der Waals surface area contributed by atoms with Crippen LogP contribution in [0.15, 0.2) is 6.07 Å². The lowest BCUT2D eigenvalue weighted by Crippen LogP contribution is -2.56. The molecule has 0 spiro atoms. The fraction of sp³-hybridized carbons (Fsp3) is 0.625. The molecular formula is C16H26N2. The lowest BCUT2D eigenvalue weighted by Gasteiger charge is -2.36. The van der Waals surface area contributed by atoms with E-state index in [1.165, 1.54) is 28.7 Å². The van der Waals surface area contributed by atoms with Gasteiger partial charge in [-0.1, -0.05) is 6.07 Å². The largest absolute Gasteiger partial charge is 0.314 e. The van der Waals surface area contributed by atoms with E-state index < -0.39 is 0 Å². The second-order valence-corrected chi connectivity index (χ2v) is 5.78. The number of likely N-dealkylation sites (N-methyl/N-ethyl adjacent to an activating group) is 1. The molecule has 0 unspecified atom stereocenters. The molecule has 0 amide bonds. The van der Waals surface area contributed by atoms with Crippen LogP contribution in [0.25, 0.3) is 0 Å². The first-order valence-electron chi connectivity index (χ1n) is 6.98. The van der Waals surface area contributed by atoms with Crippen molar-refractivity contribution in [2.45, 2.75) is 40.2 Å². The maximum Gasteiger partial charge on any atom is 0.0342 e. The average Bonchev–Trinajstić information content (AvgIpc) is 2.24. The Hall–Kier alpha value is -0.860. The van der Waals surface area contributed by atoms with Crippen LogP contribution in [0.2, 0.25) is 0 Å². The Morgan fingerprint density at radius 3 is 2.11 bits per heavy atom. The minimum absolute atomic E-state index is 0.747. The van der Waals surface area contributed by atoms with E-state index in [9.17, 15) is 0 Å². The number of aryl methyl sites for hydroxylation is 2. The van der Waals surface area contributed by atoms with Crippen LogP contribution in [-0.4, -0.2) is 37.6 Å². The highest BCUT2D eigenvalue weighted by Crippen LogP contribution is 2.22. The number of benzene rings is 1. The Balaban J connectivity index is 2.08. The number of nitrogens with one attached hydrogen (secondary N) is 1. The number of rotatable bonds is 4. The summed E-state index contributed by atoms with van der Waals surface area (Å²) < 4.78 is 0. The van der Waals surface area contributed by atoms with Crippen molar-refractivity contribution in [2.24, 2.45) is 0 Å². The molecule has 1 aliphatic rings. The Morgan fingerprint density at radius 2 is 1.67 bits per heavy atom. The van der Waals surface area contributed by atoms with Crippen molar-refractivity contribution >= 4 is 0 Å². The molecule has 0 aromatic heterocycles. The Bertz CT molecular complexity index is 407. The van der Waals surface area contributed by atoms with Crippen molar-refractivity contribution in [1.29, 1.82) is 0 Å². The summed E-state index contributed by atoms with van der Waals surface area (Å²) in [5, 5.41) is 3.34. The predicted octanol–water partition coefficient (Wildman–Crippen LogP) is 2.37. The van der Waals surface area contributed by atoms with Gasteiger partial charge in [-0.25, -0.2) is 0 Å². The first kappa shape index (κ1) is 13.6. The molecule has 100 valence electrons. The highest BCUT2D eigenvalue weighted by molar-refractivity contribution is 5.44. The molecule has 1 fully saturated rings. The van der Waals surface area contributed by atoms with E-state index >= 15 is 0 Å².